The third kappa shape index (κ3) is 3.16. The quantitative estimate of drug-likeness (QED) is 0.832. The molecule has 4 nitrogen and oxygen atoms in total. The van der Waals surface area contributed by atoms with Gasteiger partial charge in [-0.2, -0.15) is 0 Å². The van der Waals surface area contributed by atoms with Crippen molar-refractivity contribution >= 4 is 34.8 Å². The van der Waals surface area contributed by atoms with Gasteiger partial charge in [0.15, 0.2) is 5.75 Å². The van der Waals surface area contributed by atoms with Crippen LogP contribution in [0.1, 0.15) is 15.9 Å². The van der Waals surface area contributed by atoms with Crippen molar-refractivity contribution in [2.75, 3.05) is 5.32 Å². The van der Waals surface area contributed by atoms with Gasteiger partial charge in [0.2, 0.25) is 0 Å². The molecule has 1 aromatic heterocycles. The largest absolute Gasteiger partial charge is 0.505 e. The van der Waals surface area contributed by atoms with Crippen molar-refractivity contribution in [1.29, 1.82) is 0 Å². The Morgan fingerprint density at radius 2 is 1.84 bits per heavy atom. The zero-order valence-corrected chi connectivity index (χ0v) is 11.5. The third-order valence-corrected chi connectivity index (χ3v) is 2.99. The molecule has 0 aliphatic rings. The highest BCUT2D eigenvalue weighted by Crippen LogP contribution is 2.34. The van der Waals surface area contributed by atoms with E-state index in [4.69, 9.17) is 23.2 Å². The molecule has 0 saturated carbocycles. The summed E-state index contributed by atoms with van der Waals surface area (Å²) in [5.74, 6) is -0.535. The van der Waals surface area contributed by atoms with Gasteiger partial charge in [-0.1, -0.05) is 23.2 Å². The number of anilines is 1. The summed E-state index contributed by atoms with van der Waals surface area (Å²) in [5, 5.41) is 12.2. The summed E-state index contributed by atoms with van der Waals surface area (Å²) in [6.45, 7) is 1.85. The Hall–Kier alpha value is -1.78. The van der Waals surface area contributed by atoms with Gasteiger partial charge >= 0.3 is 0 Å². The maximum absolute atomic E-state index is 12.0. The minimum Gasteiger partial charge on any atom is -0.505 e. The Balaban J connectivity index is 2.24. The van der Waals surface area contributed by atoms with Crippen LogP contribution in [0.25, 0.3) is 0 Å². The van der Waals surface area contributed by atoms with E-state index in [0.29, 0.717) is 11.3 Å². The van der Waals surface area contributed by atoms with E-state index in [-0.39, 0.29) is 21.7 Å². The number of rotatable bonds is 2. The molecule has 0 spiro atoms. The van der Waals surface area contributed by atoms with Crippen LogP contribution in [0.2, 0.25) is 10.0 Å². The van der Waals surface area contributed by atoms with Crippen LogP contribution < -0.4 is 5.32 Å². The predicted molar refractivity (Wildman–Crippen MR) is 75.1 cm³/mol. The summed E-state index contributed by atoms with van der Waals surface area (Å²) in [7, 11) is 0. The number of amides is 1. The average Bonchev–Trinajstić information content (AvgIpc) is 2.36. The fourth-order valence-corrected chi connectivity index (χ4v) is 2.01. The Kier molecular flexibility index (Phi) is 3.93. The molecule has 19 heavy (non-hydrogen) atoms. The highest BCUT2D eigenvalue weighted by Gasteiger charge is 2.10. The van der Waals surface area contributed by atoms with Crippen LogP contribution in [0.15, 0.2) is 30.6 Å². The number of phenolic OH excluding ortho intramolecular Hbond substituents is 1. The van der Waals surface area contributed by atoms with Gasteiger partial charge in [0, 0.05) is 18.1 Å². The predicted octanol–water partition coefficient (Wildman–Crippen LogP) is 3.65. The minimum absolute atomic E-state index is 0.0742. The SMILES string of the molecule is Cc1cncc(C(=O)Nc2cc(Cl)c(O)c(Cl)c2)c1. The van der Waals surface area contributed by atoms with Crippen molar-refractivity contribution in [1.82, 2.24) is 4.98 Å². The van der Waals surface area contributed by atoms with E-state index < -0.39 is 0 Å². The highest BCUT2D eigenvalue weighted by atomic mass is 35.5. The normalized spacial score (nSPS) is 10.3. The molecule has 0 aliphatic heterocycles. The van der Waals surface area contributed by atoms with Gasteiger partial charge in [0.25, 0.3) is 5.91 Å². The standard InChI is InChI=1S/C13H10Cl2N2O2/c1-7-2-8(6-16-5-7)13(19)17-9-3-10(14)12(18)11(15)4-9/h2-6,18H,1H3,(H,17,19). The van der Waals surface area contributed by atoms with E-state index in [1.165, 1.54) is 18.3 Å². The lowest BCUT2D eigenvalue weighted by Crippen LogP contribution is -2.12. The first-order valence-electron chi connectivity index (χ1n) is 5.38. The summed E-state index contributed by atoms with van der Waals surface area (Å²) >= 11 is 11.6. The van der Waals surface area contributed by atoms with Gasteiger partial charge in [-0.15, -0.1) is 0 Å². The van der Waals surface area contributed by atoms with Gasteiger partial charge < -0.3 is 10.4 Å². The van der Waals surface area contributed by atoms with Crippen molar-refractivity contribution in [3.8, 4) is 5.75 Å². The minimum atomic E-state index is -0.325. The van der Waals surface area contributed by atoms with Crippen LogP contribution in [-0.4, -0.2) is 16.0 Å². The van der Waals surface area contributed by atoms with Gasteiger partial charge in [-0.25, -0.2) is 0 Å². The number of halogens is 2. The lowest BCUT2D eigenvalue weighted by Gasteiger charge is -2.08. The number of carbonyl (C=O) groups is 1. The number of aryl methyl sites for hydroxylation is 1. The molecule has 0 radical (unpaired) electrons. The molecule has 2 rings (SSSR count). The molecule has 0 bridgehead atoms. The number of carbonyl (C=O) groups excluding carboxylic acids is 1. The van der Waals surface area contributed by atoms with E-state index in [1.54, 1.807) is 12.3 Å². The van der Waals surface area contributed by atoms with Gasteiger partial charge in [-0.05, 0) is 30.7 Å². The fourth-order valence-electron chi connectivity index (χ4n) is 1.52. The van der Waals surface area contributed by atoms with E-state index >= 15 is 0 Å². The second kappa shape index (κ2) is 5.47. The van der Waals surface area contributed by atoms with Gasteiger partial charge in [0.05, 0.1) is 15.6 Å². The topological polar surface area (TPSA) is 62.2 Å². The van der Waals surface area contributed by atoms with Crippen molar-refractivity contribution in [3.05, 3.63) is 51.8 Å². The van der Waals surface area contributed by atoms with Gasteiger partial charge in [-0.3, -0.25) is 9.78 Å². The Morgan fingerprint density at radius 3 is 2.42 bits per heavy atom. The van der Waals surface area contributed by atoms with E-state index in [9.17, 15) is 9.90 Å². The molecule has 1 amide bonds. The third-order valence-electron chi connectivity index (χ3n) is 2.41. The zero-order valence-electron chi connectivity index (χ0n) is 9.95. The molecule has 0 atom stereocenters. The van der Waals surface area contributed by atoms with Crippen LogP contribution in [0.4, 0.5) is 5.69 Å². The second-order valence-electron chi connectivity index (χ2n) is 3.99. The second-order valence-corrected chi connectivity index (χ2v) is 4.81. The molecule has 98 valence electrons. The number of phenols is 1. The monoisotopic (exact) mass is 296 g/mol. The Bertz CT molecular complexity index is 621. The van der Waals surface area contributed by atoms with Crippen molar-refractivity contribution in [3.63, 3.8) is 0 Å². The average molecular weight is 297 g/mol. The summed E-state index contributed by atoms with van der Waals surface area (Å²) in [6, 6.07) is 4.56. The number of pyridine rings is 1. The lowest BCUT2D eigenvalue weighted by molar-refractivity contribution is 0.102. The van der Waals surface area contributed by atoms with Crippen LogP contribution in [0, 0.1) is 6.92 Å². The molecular weight excluding hydrogens is 287 g/mol. The molecule has 6 heteroatoms. The van der Waals surface area contributed by atoms with E-state index in [1.807, 2.05) is 6.92 Å². The summed E-state index contributed by atoms with van der Waals surface area (Å²) in [6.07, 6.45) is 3.12. The highest BCUT2D eigenvalue weighted by molar-refractivity contribution is 6.37. The fraction of sp³-hybridized carbons (Fsp3) is 0.0769. The lowest BCUT2D eigenvalue weighted by atomic mass is 10.2. The number of nitrogens with one attached hydrogen (secondary N) is 1. The summed E-state index contributed by atoms with van der Waals surface area (Å²) in [5.41, 5.74) is 1.72. The molecule has 1 aromatic carbocycles. The van der Waals surface area contributed by atoms with Crippen LogP contribution >= 0.6 is 23.2 Å². The summed E-state index contributed by atoms with van der Waals surface area (Å²) in [4.78, 5) is 15.9. The first-order valence-corrected chi connectivity index (χ1v) is 6.14. The summed E-state index contributed by atoms with van der Waals surface area (Å²) < 4.78 is 0. The number of hydrogen-bond acceptors (Lipinski definition) is 3. The first kappa shape index (κ1) is 13.6. The van der Waals surface area contributed by atoms with Crippen LogP contribution in [-0.2, 0) is 0 Å². The molecule has 0 unspecified atom stereocenters. The number of benzene rings is 1. The number of hydrogen-bond donors (Lipinski definition) is 2. The molecule has 0 saturated heterocycles. The van der Waals surface area contributed by atoms with Crippen molar-refractivity contribution in [2.24, 2.45) is 0 Å². The van der Waals surface area contributed by atoms with Crippen LogP contribution in [0.3, 0.4) is 0 Å². The van der Waals surface area contributed by atoms with Crippen molar-refractivity contribution < 1.29 is 9.90 Å². The van der Waals surface area contributed by atoms with Gasteiger partial charge in [0.1, 0.15) is 0 Å². The molecule has 2 aromatic rings. The number of nitrogens with zero attached hydrogens (tertiary/aromatic N) is 1. The molecule has 1 heterocycles. The molecule has 0 fully saturated rings. The zero-order chi connectivity index (χ0) is 14.0. The molecule has 2 N–H and O–H groups in total. The number of aromatic hydroxyl groups is 1. The van der Waals surface area contributed by atoms with Crippen LogP contribution in [0.5, 0.6) is 5.75 Å². The number of aromatic nitrogens is 1. The van der Waals surface area contributed by atoms with Crippen molar-refractivity contribution in [2.45, 2.75) is 6.92 Å². The Labute approximate surface area is 120 Å². The van der Waals surface area contributed by atoms with E-state index in [2.05, 4.69) is 10.3 Å². The molecular formula is C13H10Cl2N2O2. The Morgan fingerprint density at radius 1 is 1.21 bits per heavy atom. The smallest absolute Gasteiger partial charge is 0.257 e. The molecule has 0 aliphatic carbocycles. The maximum atomic E-state index is 12.0. The van der Waals surface area contributed by atoms with E-state index in [0.717, 1.165) is 5.56 Å². The maximum Gasteiger partial charge on any atom is 0.257 e. The first-order chi connectivity index (χ1) is 8.97.